The van der Waals surface area contributed by atoms with E-state index < -0.39 is 38.8 Å². The molecule has 0 aliphatic heterocycles. The van der Waals surface area contributed by atoms with Crippen LogP contribution in [0.15, 0.2) is 12.1 Å². The predicted octanol–water partition coefficient (Wildman–Crippen LogP) is 3.12. The van der Waals surface area contributed by atoms with Crippen LogP contribution in [0.4, 0.5) is 43.9 Å². The van der Waals surface area contributed by atoms with Crippen LogP contribution < -0.4 is 16.0 Å². The van der Waals surface area contributed by atoms with E-state index in [0.29, 0.717) is 0 Å². The third-order valence-electron chi connectivity index (χ3n) is 1.61. The molecule has 0 unspecified atom stereocenters. The monoisotopic (exact) mass is 247 g/mol. The largest absolute Gasteiger partial charge is 0.504 e. The molecule has 0 fully saturated rings. The molecule has 0 aliphatic carbocycles. The topological polar surface area (TPSA) is 30.0 Å². The van der Waals surface area contributed by atoms with Gasteiger partial charge in [0.15, 0.2) is 17.1 Å². The summed E-state index contributed by atoms with van der Waals surface area (Å²) in [5, 5.41) is 3.78. The van der Waals surface area contributed by atoms with Gasteiger partial charge in [-0.25, -0.2) is 0 Å². The Bertz CT molecular complexity index is 356. The third kappa shape index (κ3) is 2.15. The van der Waals surface area contributed by atoms with Gasteiger partial charge >= 0.3 is 0 Å². The summed E-state index contributed by atoms with van der Waals surface area (Å²) in [7, 11) is 0. The van der Waals surface area contributed by atoms with Gasteiger partial charge in [-0.15, -0.1) is 0 Å². The number of aromatic hydroxyl groups is 1. The lowest BCUT2D eigenvalue weighted by Gasteiger charge is -2.12. The van der Waals surface area contributed by atoms with Gasteiger partial charge in [-0.3, -0.25) is 0 Å². The van der Waals surface area contributed by atoms with Crippen LogP contribution in [0.25, 0.3) is 0 Å². The van der Waals surface area contributed by atoms with Crippen molar-refractivity contribution in [2.45, 2.75) is 0 Å². The minimum atomic E-state index is -1.75. The second-order valence-corrected chi connectivity index (χ2v) is 2.53. The van der Waals surface area contributed by atoms with E-state index in [1.165, 1.54) is 0 Å². The molecular weight excluding hydrogens is 244 g/mol. The van der Waals surface area contributed by atoms with E-state index in [1.807, 2.05) is 0 Å². The fourth-order valence-electron chi connectivity index (χ4n) is 0.945. The smallest absolute Gasteiger partial charge is 0.174 e. The first-order valence-electron chi connectivity index (χ1n) is 3.56. The van der Waals surface area contributed by atoms with E-state index in [4.69, 9.17) is 5.11 Å². The van der Waals surface area contributed by atoms with Crippen LogP contribution in [0.2, 0.25) is 0 Å². The van der Waals surface area contributed by atoms with Crippen molar-refractivity contribution < 1.29 is 32.0 Å². The van der Waals surface area contributed by atoms with Gasteiger partial charge in [0.1, 0.15) is 5.69 Å². The number of benzene rings is 1. The van der Waals surface area contributed by atoms with Crippen molar-refractivity contribution in [3.05, 3.63) is 12.1 Å². The highest BCUT2D eigenvalue weighted by atomic mass is 19.4. The molecule has 0 bridgehead atoms. The van der Waals surface area contributed by atoms with Crippen molar-refractivity contribution in [3.8, 4) is 5.75 Å². The summed E-state index contributed by atoms with van der Waals surface area (Å²) < 4.78 is 72.3. The molecule has 0 saturated heterocycles. The van der Waals surface area contributed by atoms with Crippen molar-refractivity contribution >= 4 is 17.1 Å². The summed E-state index contributed by atoms with van der Waals surface area (Å²) in [5.74, 6) is -1.51. The highest BCUT2D eigenvalue weighted by Crippen LogP contribution is 2.42. The minimum Gasteiger partial charge on any atom is -0.504 e. The van der Waals surface area contributed by atoms with Gasteiger partial charge in [0, 0.05) is 12.1 Å². The predicted molar refractivity (Wildman–Crippen MR) is 42.2 cm³/mol. The molecule has 0 atom stereocenters. The Kier molecular flexibility index (Phi) is 3.20. The third-order valence-corrected chi connectivity index (χ3v) is 1.61. The molecular formula is C6H3F6N3O. The molecule has 0 spiro atoms. The normalized spacial score (nSPS) is 10.1. The van der Waals surface area contributed by atoms with Crippen molar-refractivity contribution in [1.29, 1.82) is 0 Å². The Morgan fingerprint density at radius 2 is 1.12 bits per heavy atom. The number of hydrogen-bond acceptors (Lipinski definition) is 4. The van der Waals surface area contributed by atoms with Crippen LogP contribution in [0.3, 0.4) is 0 Å². The molecule has 0 amide bonds. The molecule has 0 radical (unpaired) electrons. The van der Waals surface area contributed by atoms with Crippen molar-refractivity contribution in [2.75, 3.05) is 16.0 Å². The van der Waals surface area contributed by atoms with E-state index >= 15 is 0 Å². The zero-order valence-corrected chi connectivity index (χ0v) is 7.21. The molecule has 90 valence electrons. The van der Waals surface area contributed by atoms with Gasteiger partial charge in [0.25, 0.3) is 0 Å². The van der Waals surface area contributed by atoms with Crippen LogP contribution in [0.1, 0.15) is 0 Å². The molecule has 0 aliphatic rings. The number of phenols is 1. The second kappa shape index (κ2) is 4.24. The average Bonchev–Trinajstić information content (AvgIpc) is 2.16. The van der Waals surface area contributed by atoms with Crippen molar-refractivity contribution in [3.63, 3.8) is 0 Å². The number of rotatable bonds is 3. The molecule has 1 aromatic carbocycles. The van der Waals surface area contributed by atoms with Crippen molar-refractivity contribution in [2.24, 2.45) is 0 Å². The number of phenolic OH excluding ortho intramolecular Hbond substituents is 1. The van der Waals surface area contributed by atoms with Crippen LogP contribution in [0, 0.1) is 0 Å². The molecule has 0 aromatic heterocycles. The number of anilines is 3. The number of nitrogens with zero attached hydrogens (tertiary/aromatic N) is 3. The maximum Gasteiger partial charge on any atom is 0.174 e. The Morgan fingerprint density at radius 1 is 0.750 bits per heavy atom. The summed E-state index contributed by atoms with van der Waals surface area (Å²) in [6, 6.07) is 0.282. The Labute approximate surface area is 84.1 Å². The van der Waals surface area contributed by atoms with Gasteiger partial charge in [0.2, 0.25) is 0 Å². The van der Waals surface area contributed by atoms with E-state index in [9.17, 15) is 26.9 Å². The molecule has 4 nitrogen and oxygen atoms in total. The summed E-state index contributed by atoms with van der Waals surface area (Å²) in [4.78, 5) is 0. The van der Waals surface area contributed by atoms with Gasteiger partial charge in [0.05, 0.1) is 0 Å². The zero-order valence-electron chi connectivity index (χ0n) is 7.21. The van der Waals surface area contributed by atoms with E-state index in [1.54, 1.807) is 0 Å². The fraction of sp³-hybridized carbons (Fsp3) is 0. The molecule has 16 heavy (non-hydrogen) atoms. The van der Waals surface area contributed by atoms with Crippen molar-refractivity contribution in [1.82, 2.24) is 0 Å². The lowest BCUT2D eigenvalue weighted by atomic mass is 10.2. The lowest BCUT2D eigenvalue weighted by Crippen LogP contribution is -2.05. The van der Waals surface area contributed by atoms with E-state index in [2.05, 4.69) is 0 Å². The van der Waals surface area contributed by atoms with Gasteiger partial charge < -0.3 is 5.11 Å². The first-order chi connectivity index (χ1) is 7.34. The minimum absolute atomic E-state index is 0.141. The van der Waals surface area contributed by atoms with Crippen LogP contribution in [0.5, 0.6) is 5.75 Å². The number of halogens is 6. The SMILES string of the molecule is Oc1c(N(F)F)cc(N(F)F)cc1N(F)F. The highest BCUT2D eigenvalue weighted by Gasteiger charge is 2.22. The first kappa shape index (κ1) is 12.1. The van der Waals surface area contributed by atoms with Gasteiger partial charge in [-0.2, -0.15) is 0 Å². The van der Waals surface area contributed by atoms with E-state index in [-0.39, 0.29) is 12.1 Å². The Morgan fingerprint density at radius 3 is 1.38 bits per heavy atom. The van der Waals surface area contributed by atoms with E-state index in [0.717, 1.165) is 0 Å². The van der Waals surface area contributed by atoms with Gasteiger partial charge in [-0.05, 0) is 16.0 Å². The lowest BCUT2D eigenvalue weighted by molar-refractivity contribution is 0.220. The van der Waals surface area contributed by atoms with Gasteiger partial charge in [-0.1, -0.05) is 26.9 Å². The molecule has 10 heteroatoms. The molecule has 0 heterocycles. The Hall–Kier alpha value is -2.00. The molecule has 0 saturated carbocycles. The highest BCUT2D eigenvalue weighted by molar-refractivity contribution is 5.75. The average molecular weight is 247 g/mol. The maximum atomic E-state index is 12.1. The Balaban J connectivity index is 3.39. The summed E-state index contributed by atoms with van der Waals surface area (Å²) in [6.45, 7) is 0. The maximum absolute atomic E-state index is 12.1. The zero-order chi connectivity index (χ0) is 12.5. The quantitative estimate of drug-likeness (QED) is 0.656. The summed E-state index contributed by atoms with van der Waals surface area (Å²) >= 11 is 0. The number of hydrogen-bond donors (Lipinski definition) is 1. The van der Waals surface area contributed by atoms with Crippen LogP contribution in [-0.2, 0) is 0 Å². The first-order valence-corrected chi connectivity index (χ1v) is 3.56. The standard InChI is InChI=1S/C6H3F6N3O/c7-13(8)3-1-4(14(9)10)6(16)5(2-3)15(11)12/h1-2,16H. The second-order valence-electron chi connectivity index (χ2n) is 2.53. The molecule has 1 N–H and O–H groups in total. The molecule has 1 aromatic rings. The summed E-state index contributed by atoms with van der Waals surface area (Å²) in [5.41, 5.74) is -4.15. The summed E-state index contributed by atoms with van der Waals surface area (Å²) in [6.07, 6.45) is 0. The fourth-order valence-corrected chi connectivity index (χ4v) is 0.945. The molecule has 1 rings (SSSR count). The van der Waals surface area contributed by atoms with Crippen LogP contribution in [-0.4, -0.2) is 5.11 Å². The van der Waals surface area contributed by atoms with Crippen LogP contribution >= 0.6 is 0 Å².